The molecule has 7 heteroatoms. The van der Waals surface area contributed by atoms with E-state index in [1.54, 1.807) is 0 Å². The number of nitrogens with zero attached hydrogens (tertiary/aromatic N) is 1. The number of sulfonamides is 1. The highest BCUT2D eigenvalue weighted by atomic mass is 35.5. The molecule has 0 fully saturated rings. The number of pyridine rings is 1. The van der Waals surface area contributed by atoms with Crippen LogP contribution in [0.5, 0.6) is 0 Å². The van der Waals surface area contributed by atoms with Gasteiger partial charge in [-0.2, -0.15) is 4.39 Å². The van der Waals surface area contributed by atoms with Crippen molar-refractivity contribution in [2.75, 3.05) is 0 Å². The fraction of sp³-hybridized carbons (Fsp3) is 0. The molecule has 66 valence electrons. The van der Waals surface area contributed by atoms with Gasteiger partial charge in [-0.05, 0) is 6.07 Å². The summed E-state index contributed by atoms with van der Waals surface area (Å²) in [5, 5.41) is 4.39. The standard InChI is InChI=1S/C5H4ClFN2O2S/c6-3-1-2-9-5(7)4(3)12(8,10)11/h1-2H,(H2,8,10,11). The van der Waals surface area contributed by atoms with Gasteiger partial charge in [-0.25, -0.2) is 18.5 Å². The average Bonchev–Trinajstić information content (AvgIpc) is 1.82. The summed E-state index contributed by atoms with van der Waals surface area (Å²) in [6.45, 7) is 0. The van der Waals surface area contributed by atoms with Crippen LogP contribution in [0.2, 0.25) is 5.02 Å². The Kier molecular flexibility index (Phi) is 2.31. The Morgan fingerprint density at radius 2 is 2.17 bits per heavy atom. The van der Waals surface area contributed by atoms with Gasteiger partial charge < -0.3 is 0 Å². The van der Waals surface area contributed by atoms with Crippen LogP contribution in [0.25, 0.3) is 0 Å². The van der Waals surface area contributed by atoms with Crippen molar-refractivity contribution >= 4 is 21.6 Å². The van der Waals surface area contributed by atoms with Crippen molar-refractivity contribution in [3.05, 3.63) is 23.2 Å². The Bertz CT molecular complexity index is 386. The maximum atomic E-state index is 12.7. The van der Waals surface area contributed by atoms with Gasteiger partial charge in [0.25, 0.3) is 0 Å². The lowest BCUT2D eigenvalue weighted by Crippen LogP contribution is -2.15. The highest BCUT2D eigenvalue weighted by Crippen LogP contribution is 2.20. The molecule has 1 aromatic heterocycles. The third kappa shape index (κ3) is 1.71. The van der Waals surface area contributed by atoms with Crippen molar-refractivity contribution < 1.29 is 12.8 Å². The molecule has 0 amide bonds. The third-order valence-electron chi connectivity index (χ3n) is 1.10. The Morgan fingerprint density at radius 3 is 2.50 bits per heavy atom. The number of nitrogens with two attached hydrogens (primary N) is 1. The zero-order valence-electron chi connectivity index (χ0n) is 5.66. The number of rotatable bonds is 1. The van der Waals surface area contributed by atoms with E-state index in [1.807, 2.05) is 0 Å². The smallest absolute Gasteiger partial charge is 0.227 e. The minimum Gasteiger partial charge on any atom is -0.227 e. The minimum atomic E-state index is -4.13. The van der Waals surface area contributed by atoms with E-state index >= 15 is 0 Å². The average molecular weight is 211 g/mol. The van der Waals surface area contributed by atoms with Crippen LogP contribution in [0.1, 0.15) is 0 Å². The van der Waals surface area contributed by atoms with Crippen LogP contribution in [0.15, 0.2) is 17.2 Å². The first kappa shape index (κ1) is 9.37. The van der Waals surface area contributed by atoms with Crippen LogP contribution in [0.4, 0.5) is 4.39 Å². The van der Waals surface area contributed by atoms with Gasteiger partial charge in [-0.3, -0.25) is 0 Å². The summed E-state index contributed by atoms with van der Waals surface area (Å²) < 4.78 is 34.1. The van der Waals surface area contributed by atoms with E-state index < -0.39 is 20.9 Å². The lowest BCUT2D eigenvalue weighted by atomic mass is 10.5. The van der Waals surface area contributed by atoms with Gasteiger partial charge in [0.1, 0.15) is 0 Å². The molecule has 0 atom stereocenters. The van der Waals surface area contributed by atoms with Crippen molar-refractivity contribution in [1.82, 2.24) is 4.98 Å². The maximum Gasteiger partial charge on any atom is 0.244 e. The summed E-state index contributed by atoms with van der Waals surface area (Å²) in [5.41, 5.74) is 0. The van der Waals surface area contributed by atoms with Gasteiger partial charge in [0, 0.05) is 6.20 Å². The van der Waals surface area contributed by atoms with Gasteiger partial charge in [-0.15, -0.1) is 0 Å². The first-order valence-electron chi connectivity index (χ1n) is 2.75. The SMILES string of the molecule is NS(=O)(=O)c1c(Cl)ccnc1F. The molecule has 0 aliphatic rings. The second-order valence-electron chi connectivity index (χ2n) is 1.96. The summed E-state index contributed by atoms with van der Waals surface area (Å²) in [4.78, 5) is 2.32. The summed E-state index contributed by atoms with van der Waals surface area (Å²) in [6, 6.07) is 1.14. The molecular formula is C5H4ClFN2O2S. The normalized spacial score (nSPS) is 11.6. The molecule has 0 spiro atoms. The fourth-order valence-corrected chi connectivity index (χ4v) is 1.74. The highest BCUT2D eigenvalue weighted by molar-refractivity contribution is 7.89. The van der Waals surface area contributed by atoms with Gasteiger partial charge in [-0.1, -0.05) is 11.6 Å². The molecule has 0 aliphatic carbocycles. The predicted molar refractivity (Wildman–Crippen MR) is 40.6 cm³/mol. The number of primary sulfonamides is 1. The van der Waals surface area contributed by atoms with Crippen LogP contribution in [-0.2, 0) is 10.0 Å². The topological polar surface area (TPSA) is 73.1 Å². The second-order valence-corrected chi connectivity index (χ2v) is 3.86. The molecule has 0 saturated carbocycles. The Morgan fingerprint density at radius 1 is 1.58 bits per heavy atom. The largest absolute Gasteiger partial charge is 0.244 e. The number of aromatic nitrogens is 1. The highest BCUT2D eigenvalue weighted by Gasteiger charge is 2.18. The Balaban J connectivity index is 3.53. The summed E-state index contributed by atoms with van der Waals surface area (Å²) in [6.07, 6.45) is 1.05. The Labute approximate surface area is 73.2 Å². The van der Waals surface area contributed by atoms with Gasteiger partial charge in [0.2, 0.25) is 16.0 Å². The van der Waals surface area contributed by atoms with E-state index in [0.717, 1.165) is 12.3 Å². The van der Waals surface area contributed by atoms with Crippen molar-refractivity contribution in [3.63, 3.8) is 0 Å². The van der Waals surface area contributed by atoms with Crippen LogP contribution in [0.3, 0.4) is 0 Å². The summed E-state index contributed by atoms with van der Waals surface area (Å²) in [5.74, 6) is -1.19. The van der Waals surface area contributed by atoms with E-state index in [9.17, 15) is 12.8 Å². The molecule has 4 nitrogen and oxygen atoms in total. The lowest BCUT2D eigenvalue weighted by molar-refractivity contribution is 0.539. The van der Waals surface area contributed by atoms with Crippen molar-refractivity contribution in [3.8, 4) is 0 Å². The maximum absolute atomic E-state index is 12.7. The van der Waals surface area contributed by atoms with Crippen LogP contribution < -0.4 is 5.14 Å². The minimum absolute atomic E-state index is 0.273. The molecule has 2 N–H and O–H groups in total. The molecule has 0 unspecified atom stereocenters. The molecule has 1 rings (SSSR count). The van der Waals surface area contributed by atoms with E-state index in [1.165, 1.54) is 0 Å². The molecule has 0 saturated heterocycles. The van der Waals surface area contributed by atoms with Gasteiger partial charge >= 0.3 is 0 Å². The first-order valence-corrected chi connectivity index (χ1v) is 4.68. The fourth-order valence-electron chi connectivity index (χ4n) is 0.654. The molecule has 0 radical (unpaired) electrons. The quantitative estimate of drug-likeness (QED) is 0.687. The summed E-state index contributed by atoms with van der Waals surface area (Å²) >= 11 is 5.37. The van der Waals surface area contributed by atoms with Gasteiger partial charge in [0.15, 0.2) is 4.90 Å². The van der Waals surface area contributed by atoms with E-state index in [4.69, 9.17) is 11.6 Å². The van der Waals surface area contributed by atoms with E-state index in [-0.39, 0.29) is 5.02 Å². The van der Waals surface area contributed by atoms with Crippen molar-refractivity contribution in [1.29, 1.82) is 0 Å². The molecule has 0 bridgehead atoms. The zero-order chi connectivity index (χ0) is 9.35. The molecule has 0 aromatic carbocycles. The Hall–Kier alpha value is -0.720. The zero-order valence-corrected chi connectivity index (χ0v) is 7.23. The van der Waals surface area contributed by atoms with Gasteiger partial charge in [0.05, 0.1) is 5.02 Å². The van der Waals surface area contributed by atoms with Crippen molar-refractivity contribution in [2.24, 2.45) is 5.14 Å². The predicted octanol–water partition coefficient (Wildman–Crippen LogP) is 0.522. The van der Waals surface area contributed by atoms with Crippen molar-refractivity contribution in [2.45, 2.75) is 4.90 Å². The van der Waals surface area contributed by atoms with E-state index in [2.05, 4.69) is 10.1 Å². The molecule has 1 heterocycles. The van der Waals surface area contributed by atoms with Crippen LogP contribution in [-0.4, -0.2) is 13.4 Å². The molecule has 1 aromatic rings. The number of hydrogen-bond acceptors (Lipinski definition) is 3. The first-order chi connectivity index (χ1) is 5.43. The molecule has 0 aliphatic heterocycles. The summed E-state index contributed by atoms with van der Waals surface area (Å²) in [7, 11) is -4.13. The second kappa shape index (κ2) is 2.96. The molecule has 12 heavy (non-hydrogen) atoms. The van der Waals surface area contributed by atoms with E-state index in [0.29, 0.717) is 0 Å². The number of hydrogen-bond donors (Lipinski definition) is 1. The monoisotopic (exact) mass is 210 g/mol. The lowest BCUT2D eigenvalue weighted by Gasteiger charge is -2.00. The number of halogens is 2. The third-order valence-corrected chi connectivity index (χ3v) is 2.48. The van der Waals surface area contributed by atoms with Crippen LogP contribution >= 0.6 is 11.6 Å². The molecular weight excluding hydrogens is 207 g/mol. The van der Waals surface area contributed by atoms with Crippen LogP contribution in [0, 0.1) is 5.95 Å².